The van der Waals surface area contributed by atoms with Gasteiger partial charge in [-0.3, -0.25) is 4.79 Å². The molecule has 30 heavy (non-hydrogen) atoms. The number of hydrogen-bond donors (Lipinski definition) is 1. The lowest BCUT2D eigenvalue weighted by Crippen LogP contribution is -2.51. The molecule has 8 heteroatoms. The summed E-state index contributed by atoms with van der Waals surface area (Å²) < 4.78 is 31.9. The van der Waals surface area contributed by atoms with Crippen LogP contribution in [0.5, 0.6) is 0 Å². The first-order valence-corrected chi connectivity index (χ1v) is 11.3. The van der Waals surface area contributed by atoms with Crippen molar-refractivity contribution in [3.63, 3.8) is 0 Å². The molecule has 2 heterocycles. The summed E-state index contributed by atoms with van der Waals surface area (Å²) in [6, 6.07) is 13.2. The highest BCUT2D eigenvalue weighted by atomic mass is 32.2. The van der Waals surface area contributed by atoms with Gasteiger partial charge < -0.3 is 9.73 Å². The standard InChI is InChI=1S/C22H22N2O5S/c1-3-30(27,28)24-13-16-7-5-4-6-15(16)11-19(24)22(26)23-17-8-9-18-14(2)10-21(25)29-20(18)12-17/h4-10,12,19H,3,11,13H2,1-2H3,(H,23,26)/t19-/m0/s1. The molecule has 0 bridgehead atoms. The number of carbonyl (C=O) groups is 1. The molecule has 0 aliphatic carbocycles. The Kier molecular flexibility index (Phi) is 5.21. The summed E-state index contributed by atoms with van der Waals surface area (Å²) in [4.78, 5) is 24.8. The first kappa shape index (κ1) is 20.3. The van der Waals surface area contributed by atoms with Crippen LogP contribution in [-0.2, 0) is 27.8 Å². The van der Waals surface area contributed by atoms with Crippen LogP contribution in [0.2, 0.25) is 0 Å². The largest absolute Gasteiger partial charge is 0.423 e. The maximum atomic E-state index is 13.1. The Morgan fingerprint density at radius 3 is 2.63 bits per heavy atom. The molecule has 2 aromatic carbocycles. The molecular weight excluding hydrogens is 404 g/mol. The second-order valence-corrected chi connectivity index (χ2v) is 9.59. The number of nitrogens with zero attached hydrogens (tertiary/aromatic N) is 1. The van der Waals surface area contributed by atoms with E-state index in [1.807, 2.05) is 31.2 Å². The summed E-state index contributed by atoms with van der Waals surface area (Å²) >= 11 is 0. The first-order chi connectivity index (χ1) is 14.3. The minimum Gasteiger partial charge on any atom is -0.423 e. The topological polar surface area (TPSA) is 96.7 Å². The molecule has 1 aromatic heterocycles. The normalized spacial score (nSPS) is 16.9. The Bertz CT molecular complexity index is 1300. The van der Waals surface area contributed by atoms with E-state index >= 15 is 0 Å². The van der Waals surface area contributed by atoms with E-state index in [4.69, 9.17) is 4.42 Å². The molecule has 4 rings (SSSR count). The van der Waals surface area contributed by atoms with Gasteiger partial charge in [-0.25, -0.2) is 13.2 Å². The molecule has 1 aliphatic rings. The summed E-state index contributed by atoms with van der Waals surface area (Å²) in [7, 11) is -3.58. The van der Waals surface area contributed by atoms with Crippen molar-refractivity contribution in [3.05, 3.63) is 75.6 Å². The smallest absolute Gasteiger partial charge is 0.336 e. The van der Waals surface area contributed by atoms with Gasteiger partial charge in [0.05, 0.1) is 5.75 Å². The first-order valence-electron chi connectivity index (χ1n) is 9.70. The number of nitrogens with one attached hydrogen (secondary N) is 1. The van der Waals surface area contributed by atoms with E-state index in [0.717, 1.165) is 22.1 Å². The predicted octanol–water partition coefficient (Wildman–Crippen LogP) is 2.82. The third-order valence-electron chi connectivity index (χ3n) is 5.45. The molecule has 0 saturated heterocycles. The number of anilines is 1. The predicted molar refractivity (Wildman–Crippen MR) is 115 cm³/mol. The van der Waals surface area contributed by atoms with Crippen molar-refractivity contribution >= 4 is 32.6 Å². The maximum absolute atomic E-state index is 13.1. The molecule has 0 saturated carbocycles. The number of carbonyl (C=O) groups excluding carboxylic acids is 1. The minimum atomic E-state index is -3.58. The van der Waals surface area contributed by atoms with Crippen molar-refractivity contribution in [2.24, 2.45) is 0 Å². The zero-order valence-electron chi connectivity index (χ0n) is 16.7. The molecule has 1 N–H and O–H groups in total. The van der Waals surface area contributed by atoms with E-state index < -0.39 is 27.6 Å². The van der Waals surface area contributed by atoms with Crippen molar-refractivity contribution in [2.75, 3.05) is 11.1 Å². The minimum absolute atomic E-state index is 0.0840. The molecule has 1 aliphatic heterocycles. The van der Waals surface area contributed by atoms with E-state index in [-0.39, 0.29) is 12.3 Å². The zero-order chi connectivity index (χ0) is 21.5. The Balaban J connectivity index is 1.67. The zero-order valence-corrected chi connectivity index (χ0v) is 17.5. The van der Waals surface area contributed by atoms with Gasteiger partial charge in [0, 0.05) is 29.8 Å². The second kappa shape index (κ2) is 7.70. The highest BCUT2D eigenvalue weighted by Gasteiger charge is 2.38. The molecule has 0 fully saturated rings. The quantitative estimate of drug-likeness (QED) is 0.647. The fourth-order valence-electron chi connectivity index (χ4n) is 3.81. The van der Waals surface area contributed by atoms with Gasteiger partial charge in [0.25, 0.3) is 0 Å². The molecule has 156 valence electrons. The molecule has 0 spiro atoms. The van der Waals surface area contributed by atoms with E-state index in [1.165, 1.54) is 10.4 Å². The third-order valence-corrected chi connectivity index (χ3v) is 7.28. The summed E-state index contributed by atoms with van der Waals surface area (Å²) in [6.45, 7) is 3.54. The average molecular weight is 426 g/mol. The van der Waals surface area contributed by atoms with E-state index in [1.54, 1.807) is 25.1 Å². The van der Waals surface area contributed by atoms with Crippen LogP contribution in [0.1, 0.15) is 23.6 Å². The van der Waals surface area contributed by atoms with Crippen LogP contribution < -0.4 is 10.9 Å². The molecular formula is C22H22N2O5S. The van der Waals surface area contributed by atoms with Crippen LogP contribution in [0.4, 0.5) is 5.69 Å². The third kappa shape index (κ3) is 3.76. The van der Waals surface area contributed by atoms with Gasteiger partial charge in [0.1, 0.15) is 11.6 Å². The summed E-state index contributed by atoms with van der Waals surface area (Å²) in [5.74, 6) is -0.504. The van der Waals surface area contributed by atoms with Gasteiger partial charge >= 0.3 is 5.63 Å². The number of hydrogen-bond acceptors (Lipinski definition) is 5. The fourth-order valence-corrected chi connectivity index (χ4v) is 5.03. The van der Waals surface area contributed by atoms with E-state index in [0.29, 0.717) is 17.7 Å². The molecule has 7 nitrogen and oxygen atoms in total. The van der Waals surface area contributed by atoms with Crippen molar-refractivity contribution in [1.82, 2.24) is 4.31 Å². The van der Waals surface area contributed by atoms with Gasteiger partial charge in [-0.15, -0.1) is 0 Å². The molecule has 3 aromatic rings. The molecule has 1 atom stereocenters. The Labute approximate surface area is 174 Å². The van der Waals surface area contributed by atoms with Gasteiger partial charge in [-0.2, -0.15) is 4.31 Å². The summed E-state index contributed by atoms with van der Waals surface area (Å²) in [6.07, 6.45) is 0.295. The molecule has 0 unspecified atom stereocenters. The molecule has 1 amide bonds. The Morgan fingerprint density at radius 1 is 1.17 bits per heavy atom. The van der Waals surface area contributed by atoms with Crippen LogP contribution in [0.25, 0.3) is 11.0 Å². The Hall–Kier alpha value is -2.97. The number of fused-ring (bicyclic) bond motifs is 2. The van der Waals surface area contributed by atoms with Gasteiger partial charge in [-0.1, -0.05) is 24.3 Å². The van der Waals surface area contributed by atoms with E-state index in [9.17, 15) is 18.0 Å². The second-order valence-electron chi connectivity index (χ2n) is 7.38. The lowest BCUT2D eigenvalue weighted by molar-refractivity contribution is -0.120. The summed E-state index contributed by atoms with van der Waals surface area (Å²) in [5, 5.41) is 3.57. The number of benzene rings is 2. The van der Waals surface area contributed by atoms with Crippen LogP contribution in [0.3, 0.4) is 0 Å². The van der Waals surface area contributed by atoms with Crippen LogP contribution >= 0.6 is 0 Å². The lowest BCUT2D eigenvalue weighted by Gasteiger charge is -2.34. The van der Waals surface area contributed by atoms with E-state index in [2.05, 4.69) is 5.32 Å². The number of aryl methyl sites for hydroxylation is 1. The van der Waals surface area contributed by atoms with Gasteiger partial charge in [0.15, 0.2) is 0 Å². The highest BCUT2D eigenvalue weighted by Crippen LogP contribution is 2.27. The summed E-state index contributed by atoms with van der Waals surface area (Å²) in [5.41, 5.74) is 2.98. The number of sulfonamides is 1. The number of rotatable bonds is 4. The van der Waals surface area contributed by atoms with Crippen molar-refractivity contribution in [1.29, 1.82) is 0 Å². The monoisotopic (exact) mass is 426 g/mol. The fraction of sp³-hybridized carbons (Fsp3) is 0.273. The van der Waals surface area contributed by atoms with Crippen LogP contribution in [0.15, 0.2) is 57.7 Å². The maximum Gasteiger partial charge on any atom is 0.336 e. The molecule has 0 radical (unpaired) electrons. The van der Waals surface area contributed by atoms with Crippen LogP contribution in [0, 0.1) is 6.92 Å². The lowest BCUT2D eigenvalue weighted by atomic mass is 9.95. The van der Waals surface area contributed by atoms with Gasteiger partial charge in [-0.05, 0) is 49.1 Å². The highest BCUT2D eigenvalue weighted by molar-refractivity contribution is 7.89. The van der Waals surface area contributed by atoms with Crippen molar-refractivity contribution in [3.8, 4) is 0 Å². The number of amides is 1. The van der Waals surface area contributed by atoms with Crippen LogP contribution in [-0.4, -0.2) is 30.4 Å². The SMILES string of the molecule is CCS(=O)(=O)N1Cc2ccccc2C[C@H]1C(=O)Nc1ccc2c(C)cc(=O)oc2c1. The van der Waals surface area contributed by atoms with Crippen molar-refractivity contribution in [2.45, 2.75) is 32.9 Å². The Morgan fingerprint density at radius 2 is 1.90 bits per heavy atom. The van der Waals surface area contributed by atoms with Crippen molar-refractivity contribution < 1.29 is 17.6 Å². The van der Waals surface area contributed by atoms with Gasteiger partial charge in [0.2, 0.25) is 15.9 Å². The average Bonchev–Trinajstić information content (AvgIpc) is 2.72.